The van der Waals surface area contributed by atoms with Crippen molar-refractivity contribution in [2.75, 3.05) is 62.7 Å². The number of benzene rings is 1. The molecule has 1 aromatic carbocycles. The highest BCUT2D eigenvalue weighted by Crippen LogP contribution is 2.11. The molecule has 1 N–H and O–H groups in total. The van der Waals surface area contributed by atoms with Crippen molar-refractivity contribution >= 4 is 17.5 Å². The molecule has 2 aromatic rings. The van der Waals surface area contributed by atoms with E-state index < -0.39 is 0 Å². The zero-order valence-corrected chi connectivity index (χ0v) is 15.9. The number of rotatable bonds is 8. The lowest BCUT2D eigenvalue weighted by Crippen LogP contribution is -2.50. The van der Waals surface area contributed by atoms with Crippen LogP contribution in [0, 0.1) is 0 Å². The number of hydrogen-bond donors (Lipinski definition) is 1. The van der Waals surface area contributed by atoms with E-state index in [9.17, 15) is 4.79 Å². The maximum Gasteiger partial charge on any atom is 0.234 e. The number of piperazine rings is 1. The van der Waals surface area contributed by atoms with Crippen LogP contribution in [0.2, 0.25) is 0 Å². The summed E-state index contributed by atoms with van der Waals surface area (Å²) in [4.78, 5) is 27.3. The van der Waals surface area contributed by atoms with Crippen molar-refractivity contribution in [2.24, 2.45) is 0 Å². The Morgan fingerprint density at radius 1 is 1.07 bits per heavy atom. The molecule has 0 aliphatic carbocycles. The number of carbonyl (C=O) groups is 1. The number of para-hydroxylation sites is 1. The van der Waals surface area contributed by atoms with Gasteiger partial charge in [0.2, 0.25) is 11.9 Å². The van der Waals surface area contributed by atoms with E-state index in [0.717, 1.165) is 45.1 Å². The lowest BCUT2D eigenvalue weighted by Gasteiger charge is -2.34. The van der Waals surface area contributed by atoms with Gasteiger partial charge in [0.15, 0.2) is 0 Å². The van der Waals surface area contributed by atoms with Gasteiger partial charge in [-0.15, -0.1) is 0 Å². The number of carbonyl (C=O) groups excluding carboxylic acids is 1. The minimum absolute atomic E-state index is 0.0989. The molecule has 144 valence electrons. The van der Waals surface area contributed by atoms with E-state index in [1.54, 1.807) is 12.4 Å². The largest absolute Gasteiger partial charge is 0.375 e. The first-order chi connectivity index (χ1) is 13.2. The summed E-state index contributed by atoms with van der Waals surface area (Å²) in [6.45, 7) is 5.47. The second-order valence-electron chi connectivity index (χ2n) is 6.77. The maximum atomic E-state index is 12.2. The van der Waals surface area contributed by atoms with Crippen molar-refractivity contribution in [3.8, 4) is 0 Å². The van der Waals surface area contributed by atoms with Gasteiger partial charge in [0.1, 0.15) is 0 Å². The molecule has 7 nitrogen and oxygen atoms in total. The molecule has 1 aliphatic heterocycles. The van der Waals surface area contributed by atoms with Crippen molar-refractivity contribution in [3.05, 3.63) is 48.8 Å². The molecule has 0 unspecified atom stereocenters. The van der Waals surface area contributed by atoms with Crippen LogP contribution in [0.3, 0.4) is 0 Å². The van der Waals surface area contributed by atoms with Crippen molar-refractivity contribution in [3.63, 3.8) is 0 Å². The van der Waals surface area contributed by atoms with Crippen molar-refractivity contribution in [1.29, 1.82) is 0 Å². The molecule has 1 aromatic heterocycles. The van der Waals surface area contributed by atoms with E-state index in [-0.39, 0.29) is 5.91 Å². The Labute approximate surface area is 161 Å². The molecule has 1 saturated heterocycles. The monoisotopic (exact) mass is 368 g/mol. The summed E-state index contributed by atoms with van der Waals surface area (Å²) < 4.78 is 0. The SMILES string of the molecule is CN(CCCNC(=O)CN1CCN(c2ncccn2)CC1)c1ccccc1. The molecule has 0 saturated carbocycles. The fourth-order valence-corrected chi connectivity index (χ4v) is 3.18. The molecule has 0 bridgehead atoms. The van der Waals surface area contributed by atoms with Crippen LogP contribution in [0.15, 0.2) is 48.8 Å². The van der Waals surface area contributed by atoms with Gasteiger partial charge in [0.25, 0.3) is 0 Å². The Kier molecular flexibility index (Phi) is 6.98. The Morgan fingerprint density at radius 3 is 2.48 bits per heavy atom. The number of hydrogen-bond acceptors (Lipinski definition) is 6. The van der Waals surface area contributed by atoms with Gasteiger partial charge in [-0.2, -0.15) is 0 Å². The second kappa shape index (κ2) is 9.87. The van der Waals surface area contributed by atoms with Crippen LogP contribution in [0.1, 0.15) is 6.42 Å². The van der Waals surface area contributed by atoms with Crippen LogP contribution in [0.5, 0.6) is 0 Å². The van der Waals surface area contributed by atoms with Gasteiger partial charge in [0, 0.05) is 64.4 Å². The molecule has 2 heterocycles. The third-order valence-corrected chi connectivity index (χ3v) is 4.76. The smallest absolute Gasteiger partial charge is 0.234 e. The van der Waals surface area contributed by atoms with E-state index in [2.05, 4.69) is 49.2 Å². The number of anilines is 2. The summed E-state index contributed by atoms with van der Waals surface area (Å²) in [7, 11) is 2.08. The van der Waals surface area contributed by atoms with Crippen molar-refractivity contribution in [1.82, 2.24) is 20.2 Å². The highest BCUT2D eigenvalue weighted by molar-refractivity contribution is 5.78. The van der Waals surface area contributed by atoms with E-state index in [1.165, 1.54) is 5.69 Å². The highest BCUT2D eigenvalue weighted by Gasteiger charge is 2.20. The number of nitrogens with zero attached hydrogens (tertiary/aromatic N) is 5. The summed E-state index contributed by atoms with van der Waals surface area (Å²) in [5.74, 6) is 0.867. The zero-order valence-electron chi connectivity index (χ0n) is 15.9. The molecule has 27 heavy (non-hydrogen) atoms. The Balaban J connectivity index is 1.30. The van der Waals surface area contributed by atoms with Crippen molar-refractivity contribution in [2.45, 2.75) is 6.42 Å². The number of nitrogens with one attached hydrogen (secondary N) is 1. The quantitative estimate of drug-likeness (QED) is 0.708. The highest BCUT2D eigenvalue weighted by atomic mass is 16.2. The topological polar surface area (TPSA) is 64.6 Å². The normalized spacial score (nSPS) is 14.8. The van der Waals surface area contributed by atoms with Crippen LogP contribution in [-0.4, -0.2) is 73.6 Å². The van der Waals surface area contributed by atoms with Gasteiger partial charge >= 0.3 is 0 Å². The van der Waals surface area contributed by atoms with Crippen LogP contribution in [0.4, 0.5) is 11.6 Å². The fourth-order valence-electron chi connectivity index (χ4n) is 3.18. The Morgan fingerprint density at radius 2 is 1.78 bits per heavy atom. The van der Waals surface area contributed by atoms with Gasteiger partial charge in [-0.1, -0.05) is 18.2 Å². The van der Waals surface area contributed by atoms with Crippen LogP contribution in [0.25, 0.3) is 0 Å². The average molecular weight is 368 g/mol. The lowest BCUT2D eigenvalue weighted by molar-refractivity contribution is -0.122. The van der Waals surface area contributed by atoms with E-state index in [1.807, 2.05) is 24.3 Å². The molecular formula is C20H28N6O. The third-order valence-electron chi connectivity index (χ3n) is 4.76. The average Bonchev–Trinajstić information content (AvgIpc) is 2.73. The Hall–Kier alpha value is -2.67. The summed E-state index contributed by atoms with van der Waals surface area (Å²) in [5, 5.41) is 3.03. The molecular weight excluding hydrogens is 340 g/mol. The first kappa shape index (κ1) is 19.1. The van der Waals surface area contributed by atoms with Gasteiger partial charge in [-0.25, -0.2) is 9.97 Å². The minimum Gasteiger partial charge on any atom is -0.375 e. The zero-order chi connectivity index (χ0) is 18.9. The van der Waals surface area contributed by atoms with Gasteiger partial charge in [-0.3, -0.25) is 9.69 Å². The van der Waals surface area contributed by atoms with Gasteiger partial charge < -0.3 is 15.1 Å². The summed E-state index contributed by atoms with van der Waals surface area (Å²) in [6.07, 6.45) is 4.45. The minimum atomic E-state index is 0.0989. The van der Waals surface area contributed by atoms with Crippen LogP contribution in [-0.2, 0) is 4.79 Å². The Bertz CT molecular complexity index is 688. The van der Waals surface area contributed by atoms with E-state index in [0.29, 0.717) is 13.1 Å². The first-order valence-electron chi connectivity index (χ1n) is 9.49. The maximum absolute atomic E-state index is 12.2. The van der Waals surface area contributed by atoms with Gasteiger partial charge in [0.05, 0.1) is 6.54 Å². The summed E-state index contributed by atoms with van der Waals surface area (Å²) in [5.41, 5.74) is 1.20. The molecule has 1 fully saturated rings. The standard InChI is InChI=1S/C20H28N6O/c1-24(18-7-3-2-4-8-18)12-6-11-21-19(27)17-25-13-15-26(16-14-25)20-22-9-5-10-23-20/h2-5,7-10H,6,11-17H2,1H3,(H,21,27). The van der Waals surface area contributed by atoms with Gasteiger partial charge in [-0.05, 0) is 24.6 Å². The predicted octanol–water partition coefficient (Wildman–Crippen LogP) is 1.24. The molecule has 0 radical (unpaired) electrons. The van der Waals surface area contributed by atoms with Crippen molar-refractivity contribution < 1.29 is 4.79 Å². The number of amides is 1. The molecule has 1 amide bonds. The molecule has 0 atom stereocenters. The molecule has 3 rings (SSSR count). The predicted molar refractivity (Wildman–Crippen MR) is 108 cm³/mol. The third kappa shape index (κ3) is 5.92. The summed E-state index contributed by atoms with van der Waals surface area (Å²) >= 11 is 0. The first-order valence-corrected chi connectivity index (χ1v) is 9.49. The number of aromatic nitrogens is 2. The molecule has 0 spiro atoms. The summed E-state index contributed by atoms with van der Waals surface area (Å²) in [6, 6.07) is 12.1. The molecule has 1 aliphatic rings. The van der Waals surface area contributed by atoms with E-state index in [4.69, 9.17) is 0 Å². The van der Waals surface area contributed by atoms with Crippen LogP contribution < -0.4 is 15.1 Å². The van der Waals surface area contributed by atoms with E-state index >= 15 is 0 Å². The lowest BCUT2D eigenvalue weighted by atomic mass is 10.3. The molecule has 7 heteroatoms. The second-order valence-corrected chi connectivity index (χ2v) is 6.77. The van der Waals surface area contributed by atoms with Crippen LogP contribution >= 0.6 is 0 Å². The fraction of sp³-hybridized carbons (Fsp3) is 0.450.